The minimum Gasteiger partial charge on any atom is -0.480 e. The van der Waals surface area contributed by atoms with E-state index in [-0.39, 0.29) is 0 Å². The topological polar surface area (TPSA) is 66.6 Å². The lowest BCUT2D eigenvalue weighted by molar-refractivity contribution is -0.140. The molecule has 5 heteroatoms. The molecule has 0 aliphatic heterocycles. The number of aliphatic carboxylic acids is 1. The zero-order valence-corrected chi connectivity index (χ0v) is 9.22. The van der Waals surface area contributed by atoms with Crippen LogP contribution in [0.5, 0.6) is 0 Å². The Hall–Kier alpha value is -1.46. The molecule has 1 aromatic rings. The Morgan fingerprint density at radius 3 is 2.44 bits per heavy atom. The molecule has 0 bridgehead atoms. The highest BCUT2D eigenvalue weighted by Crippen LogP contribution is 2.23. The first-order chi connectivity index (χ1) is 7.45. The number of nitrogens with zero attached hydrogens (tertiary/aromatic N) is 1. The number of hydrogen-bond acceptors (Lipinski definition) is 3. The van der Waals surface area contributed by atoms with Crippen LogP contribution in [-0.4, -0.2) is 36.1 Å². The summed E-state index contributed by atoms with van der Waals surface area (Å²) >= 11 is 0. The average Bonchev–Trinajstić information content (AvgIpc) is 2.20. The number of carboxylic acid groups (broad SMARTS) is 1. The van der Waals surface area contributed by atoms with E-state index in [4.69, 9.17) is 10.8 Å². The maximum atomic E-state index is 13.5. The molecule has 2 atom stereocenters. The largest absolute Gasteiger partial charge is 0.480 e. The van der Waals surface area contributed by atoms with Crippen LogP contribution in [0.2, 0.25) is 0 Å². The van der Waals surface area contributed by atoms with Crippen molar-refractivity contribution < 1.29 is 14.3 Å². The first kappa shape index (κ1) is 12.6. The van der Waals surface area contributed by atoms with E-state index in [1.807, 2.05) is 0 Å². The summed E-state index contributed by atoms with van der Waals surface area (Å²) < 4.78 is 13.5. The molecule has 0 spiro atoms. The molecule has 0 heterocycles. The number of rotatable bonds is 4. The molecule has 2 unspecified atom stereocenters. The summed E-state index contributed by atoms with van der Waals surface area (Å²) in [4.78, 5) is 12.5. The van der Waals surface area contributed by atoms with Gasteiger partial charge in [-0.05, 0) is 20.2 Å². The number of carbonyl (C=O) groups is 1. The number of carboxylic acids is 1. The summed E-state index contributed by atoms with van der Waals surface area (Å²) in [6, 6.07) is 4.20. The van der Waals surface area contributed by atoms with Gasteiger partial charge in [0.15, 0.2) is 0 Å². The molecule has 0 saturated carbocycles. The average molecular weight is 226 g/mol. The third-order valence-corrected chi connectivity index (χ3v) is 2.41. The molecule has 0 aromatic heterocycles. The third-order valence-electron chi connectivity index (χ3n) is 2.41. The van der Waals surface area contributed by atoms with Gasteiger partial charge < -0.3 is 15.7 Å². The monoisotopic (exact) mass is 226 g/mol. The first-order valence-electron chi connectivity index (χ1n) is 4.84. The summed E-state index contributed by atoms with van der Waals surface area (Å²) in [5.74, 6) is -1.60. The van der Waals surface area contributed by atoms with Crippen molar-refractivity contribution in [2.75, 3.05) is 14.1 Å². The Balaban J connectivity index is 3.13. The lowest BCUT2D eigenvalue weighted by Gasteiger charge is -2.28. The maximum absolute atomic E-state index is 13.5. The zero-order valence-electron chi connectivity index (χ0n) is 9.22. The van der Waals surface area contributed by atoms with Gasteiger partial charge in [-0.2, -0.15) is 0 Å². The van der Waals surface area contributed by atoms with Gasteiger partial charge in [0, 0.05) is 5.56 Å². The Kier molecular flexibility index (Phi) is 3.98. The molecule has 0 amide bonds. The van der Waals surface area contributed by atoms with Crippen molar-refractivity contribution in [3.63, 3.8) is 0 Å². The van der Waals surface area contributed by atoms with Crippen LogP contribution in [0.15, 0.2) is 24.3 Å². The van der Waals surface area contributed by atoms with Gasteiger partial charge in [-0.15, -0.1) is 0 Å². The molecular weight excluding hydrogens is 211 g/mol. The van der Waals surface area contributed by atoms with Crippen LogP contribution < -0.4 is 5.73 Å². The van der Waals surface area contributed by atoms with Crippen molar-refractivity contribution in [3.8, 4) is 0 Å². The number of benzene rings is 1. The number of hydrogen-bond donors (Lipinski definition) is 2. The van der Waals surface area contributed by atoms with Crippen LogP contribution in [0, 0.1) is 5.82 Å². The molecule has 4 nitrogen and oxygen atoms in total. The standard InChI is InChI=1S/C11H15FN2O2/c1-14(2)10(9(13)11(15)16)7-5-3-4-6-8(7)12/h3-6,9-10H,13H2,1-2H3,(H,15,16). The Labute approximate surface area is 93.5 Å². The minimum atomic E-state index is -1.16. The lowest BCUT2D eigenvalue weighted by Crippen LogP contribution is -2.43. The van der Waals surface area contributed by atoms with E-state index in [0.29, 0.717) is 5.56 Å². The molecule has 0 aliphatic carbocycles. The van der Waals surface area contributed by atoms with E-state index < -0.39 is 23.9 Å². The van der Waals surface area contributed by atoms with Gasteiger partial charge >= 0.3 is 5.97 Å². The van der Waals surface area contributed by atoms with Crippen LogP contribution in [0.4, 0.5) is 4.39 Å². The van der Waals surface area contributed by atoms with Crippen LogP contribution in [-0.2, 0) is 4.79 Å². The molecule has 88 valence electrons. The Bertz CT molecular complexity index is 382. The van der Waals surface area contributed by atoms with E-state index in [2.05, 4.69) is 0 Å². The molecule has 1 aromatic carbocycles. The SMILES string of the molecule is CN(C)C(c1ccccc1F)C(N)C(=O)O. The van der Waals surface area contributed by atoms with E-state index in [9.17, 15) is 9.18 Å². The van der Waals surface area contributed by atoms with Crippen molar-refractivity contribution in [2.45, 2.75) is 12.1 Å². The van der Waals surface area contributed by atoms with Crippen LogP contribution in [0.25, 0.3) is 0 Å². The minimum absolute atomic E-state index is 0.294. The van der Waals surface area contributed by atoms with Crippen LogP contribution in [0.1, 0.15) is 11.6 Å². The fourth-order valence-electron chi connectivity index (χ4n) is 1.64. The summed E-state index contributed by atoms with van der Waals surface area (Å²) in [5.41, 5.74) is 5.85. The van der Waals surface area contributed by atoms with Crippen molar-refractivity contribution >= 4 is 5.97 Å². The van der Waals surface area contributed by atoms with Crippen molar-refractivity contribution in [1.82, 2.24) is 4.90 Å². The summed E-state index contributed by atoms with van der Waals surface area (Å²) in [6.07, 6.45) is 0. The Morgan fingerprint density at radius 2 is 2.00 bits per heavy atom. The predicted molar refractivity (Wildman–Crippen MR) is 58.4 cm³/mol. The van der Waals surface area contributed by atoms with Crippen molar-refractivity contribution in [2.24, 2.45) is 5.73 Å². The summed E-state index contributed by atoms with van der Waals surface area (Å²) in [7, 11) is 3.33. The fraction of sp³-hybridized carbons (Fsp3) is 0.364. The number of halogens is 1. The molecule has 3 N–H and O–H groups in total. The molecule has 0 fully saturated rings. The van der Waals surface area contributed by atoms with Gasteiger partial charge in [-0.1, -0.05) is 18.2 Å². The molecule has 0 radical (unpaired) electrons. The van der Waals surface area contributed by atoms with Crippen molar-refractivity contribution in [1.29, 1.82) is 0 Å². The second kappa shape index (κ2) is 5.05. The van der Waals surface area contributed by atoms with Gasteiger partial charge in [-0.3, -0.25) is 4.79 Å². The second-order valence-electron chi connectivity index (χ2n) is 3.79. The fourth-order valence-corrected chi connectivity index (χ4v) is 1.64. The molecule has 16 heavy (non-hydrogen) atoms. The molecule has 0 aliphatic rings. The highest BCUT2D eigenvalue weighted by Gasteiger charge is 2.29. The van der Waals surface area contributed by atoms with Gasteiger partial charge in [0.05, 0.1) is 6.04 Å². The number of nitrogens with two attached hydrogens (primary N) is 1. The van der Waals surface area contributed by atoms with Gasteiger partial charge in [0.25, 0.3) is 0 Å². The number of likely N-dealkylation sites (N-methyl/N-ethyl adjacent to an activating group) is 1. The maximum Gasteiger partial charge on any atom is 0.322 e. The lowest BCUT2D eigenvalue weighted by atomic mass is 9.98. The summed E-state index contributed by atoms with van der Waals surface area (Å²) in [5, 5.41) is 8.88. The van der Waals surface area contributed by atoms with Crippen molar-refractivity contribution in [3.05, 3.63) is 35.6 Å². The first-order valence-corrected chi connectivity index (χ1v) is 4.84. The van der Waals surface area contributed by atoms with Crippen LogP contribution in [0.3, 0.4) is 0 Å². The highest BCUT2D eigenvalue weighted by atomic mass is 19.1. The second-order valence-corrected chi connectivity index (χ2v) is 3.79. The molecule has 1 rings (SSSR count). The molecular formula is C11H15FN2O2. The quantitative estimate of drug-likeness (QED) is 0.798. The van der Waals surface area contributed by atoms with Gasteiger partial charge in [0.1, 0.15) is 11.9 Å². The van der Waals surface area contributed by atoms with E-state index in [1.54, 1.807) is 37.2 Å². The van der Waals surface area contributed by atoms with E-state index in [1.165, 1.54) is 6.07 Å². The normalized spacial score (nSPS) is 14.8. The van der Waals surface area contributed by atoms with Crippen LogP contribution >= 0.6 is 0 Å². The highest BCUT2D eigenvalue weighted by molar-refractivity contribution is 5.74. The van der Waals surface area contributed by atoms with E-state index in [0.717, 1.165) is 0 Å². The smallest absolute Gasteiger partial charge is 0.322 e. The summed E-state index contributed by atoms with van der Waals surface area (Å²) in [6.45, 7) is 0. The zero-order chi connectivity index (χ0) is 12.3. The third kappa shape index (κ3) is 2.56. The predicted octanol–water partition coefficient (Wildman–Crippen LogP) is 0.840. The van der Waals surface area contributed by atoms with Gasteiger partial charge in [0.2, 0.25) is 0 Å². The Morgan fingerprint density at radius 1 is 1.44 bits per heavy atom. The molecule has 0 saturated heterocycles. The van der Waals surface area contributed by atoms with E-state index >= 15 is 0 Å². The van der Waals surface area contributed by atoms with Gasteiger partial charge in [-0.25, -0.2) is 4.39 Å².